The molecule has 4 nitrogen and oxygen atoms in total. The Labute approximate surface area is 219 Å². The highest BCUT2D eigenvalue weighted by Crippen LogP contribution is 2.39. The van der Waals surface area contributed by atoms with Crippen LogP contribution in [0.15, 0.2) is 115 Å². The van der Waals surface area contributed by atoms with Crippen molar-refractivity contribution in [3.8, 4) is 0 Å². The summed E-state index contributed by atoms with van der Waals surface area (Å²) in [6.45, 7) is 4.03. The van der Waals surface area contributed by atoms with Gasteiger partial charge in [-0.25, -0.2) is 0 Å². The van der Waals surface area contributed by atoms with Crippen LogP contribution >= 0.6 is 0 Å². The first-order valence-corrected chi connectivity index (χ1v) is 12.9. The van der Waals surface area contributed by atoms with E-state index in [0.29, 0.717) is 26.4 Å². The van der Waals surface area contributed by atoms with E-state index in [4.69, 9.17) is 18.9 Å². The zero-order valence-electron chi connectivity index (χ0n) is 21.2. The lowest BCUT2D eigenvalue weighted by Crippen LogP contribution is -2.37. The van der Waals surface area contributed by atoms with Crippen LogP contribution in [0.1, 0.15) is 33.9 Å². The van der Waals surface area contributed by atoms with Crippen molar-refractivity contribution in [3.63, 3.8) is 0 Å². The number of hydrogen-bond acceptors (Lipinski definition) is 4. The van der Waals surface area contributed by atoms with Gasteiger partial charge in [-0.1, -0.05) is 115 Å². The van der Waals surface area contributed by atoms with Crippen molar-refractivity contribution < 1.29 is 18.9 Å². The number of aryl methyl sites for hydroxylation is 1. The number of hydrogen-bond donors (Lipinski definition) is 0. The molecule has 4 atom stereocenters. The van der Waals surface area contributed by atoms with Gasteiger partial charge in [0.05, 0.1) is 26.4 Å². The lowest BCUT2D eigenvalue weighted by Gasteiger charge is -2.26. The molecule has 0 aromatic heterocycles. The predicted octanol–water partition coefficient (Wildman–Crippen LogP) is 6.82. The fourth-order valence-electron chi connectivity index (χ4n) is 4.80. The van der Waals surface area contributed by atoms with Gasteiger partial charge < -0.3 is 18.9 Å². The lowest BCUT2D eigenvalue weighted by atomic mass is 9.97. The summed E-state index contributed by atoms with van der Waals surface area (Å²) in [4.78, 5) is 0. The zero-order chi connectivity index (χ0) is 25.3. The highest BCUT2D eigenvalue weighted by molar-refractivity contribution is 5.30. The Morgan fingerprint density at radius 2 is 1.05 bits per heavy atom. The highest BCUT2D eigenvalue weighted by atomic mass is 16.6. The first-order chi connectivity index (χ1) is 18.3. The van der Waals surface area contributed by atoms with E-state index in [0.717, 1.165) is 22.3 Å². The van der Waals surface area contributed by atoms with Crippen molar-refractivity contribution >= 4 is 0 Å². The van der Waals surface area contributed by atoms with Gasteiger partial charge in [-0.05, 0) is 34.7 Å². The number of benzene rings is 4. The smallest absolute Gasteiger partial charge is 0.117 e. The second kappa shape index (κ2) is 12.8. The largest absolute Gasteiger partial charge is 0.374 e. The van der Waals surface area contributed by atoms with Crippen LogP contribution in [-0.2, 0) is 38.8 Å². The Morgan fingerprint density at radius 1 is 0.568 bits per heavy atom. The predicted molar refractivity (Wildman–Crippen MR) is 145 cm³/mol. The van der Waals surface area contributed by atoms with E-state index in [9.17, 15) is 0 Å². The lowest BCUT2D eigenvalue weighted by molar-refractivity contribution is -0.0898. The molecule has 1 aliphatic heterocycles. The van der Waals surface area contributed by atoms with Gasteiger partial charge in [-0.2, -0.15) is 0 Å². The van der Waals surface area contributed by atoms with E-state index in [1.807, 2.05) is 54.6 Å². The molecule has 0 N–H and O–H groups in total. The van der Waals surface area contributed by atoms with E-state index in [2.05, 4.69) is 67.6 Å². The molecule has 1 aliphatic rings. The summed E-state index contributed by atoms with van der Waals surface area (Å²) in [5.74, 6) is 0. The first kappa shape index (κ1) is 25.4. The van der Waals surface area contributed by atoms with Gasteiger partial charge in [0.1, 0.15) is 24.4 Å². The Bertz CT molecular complexity index is 1210. The fourth-order valence-corrected chi connectivity index (χ4v) is 4.80. The summed E-state index contributed by atoms with van der Waals surface area (Å²) in [6.07, 6.45) is -1.09. The standard InChI is InChI=1S/C33H34O4/c1-25-13-11-12-20-29(25)31-33(36-23-28-18-9-4-10-19-28)32(35-22-27-16-7-3-8-17-27)30(37-31)24-34-21-26-14-5-2-6-15-26/h2-20,30-33H,21-24H2,1H3/t30-,31+,32-,33+/m1/s1. The van der Waals surface area contributed by atoms with Crippen LogP contribution in [0.3, 0.4) is 0 Å². The second-order valence-electron chi connectivity index (χ2n) is 9.47. The summed E-state index contributed by atoms with van der Waals surface area (Å²) in [5.41, 5.74) is 5.67. The minimum absolute atomic E-state index is 0.254. The average Bonchev–Trinajstić information content (AvgIpc) is 3.29. The van der Waals surface area contributed by atoms with Gasteiger partial charge in [0.2, 0.25) is 0 Å². The SMILES string of the molecule is Cc1ccccc1[C@@H]1O[C@H](COCc2ccccc2)[C@@H](OCc2ccccc2)[C@H]1OCc1ccccc1. The minimum Gasteiger partial charge on any atom is -0.374 e. The van der Waals surface area contributed by atoms with Gasteiger partial charge in [-0.3, -0.25) is 0 Å². The molecule has 4 aromatic rings. The molecule has 37 heavy (non-hydrogen) atoms. The average molecular weight is 495 g/mol. The van der Waals surface area contributed by atoms with Gasteiger partial charge in [0, 0.05) is 0 Å². The molecular weight excluding hydrogens is 460 g/mol. The van der Waals surface area contributed by atoms with E-state index in [1.54, 1.807) is 0 Å². The van der Waals surface area contributed by atoms with Crippen molar-refractivity contribution in [2.75, 3.05) is 6.61 Å². The summed E-state index contributed by atoms with van der Waals surface area (Å²) in [6, 6.07) is 39.0. The Balaban J connectivity index is 1.38. The van der Waals surface area contributed by atoms with Crippen LogP contribution in [0.25, 0.3) is 0 Å². The molecule has 1 heterocycles. The first-order valence-electron chi connectivity index (χ1n) is 12.9. The van der Waals surface area contributed by atoms with Crippen LogP contribution in [0.4, 0.5) is 0 Å². The fraction of sp³-hybridized carbons (Fsp3) is 0.273. The normalized spacial score (nSPS) is 21.2. The van der Waals surface area contributed by atoms with E-state index >= 15 is 0 Å². The molecule has 5 rings (SSSR count). The third-order valence-corrected chi connectivity index (χ3v) is 6.77. The van der Waals surface area contributed by atoms with E-state index in [1.165, 1.54) is 5.56 Å². The molecule has 0 amide bonds. The van der Waals surface area contributed by atoms with Gasteiger partial charge >= 0.3 is 0 Å². The van der Waals surface area contributed by atoms with Crippen LogP contribution < -0.4 is 0 Å². The molecular formula is C33H34O4. The topological polar surface area (TPSA) is 36.9 Å². The molecule has 190 valence electrons. The number of ether oxygens (including phenoxy) is 4. The van der Waals surface area contributed by atoms with Crippen molar-refractivity contribution in [2.45, 2.75) is 51.2 Å². The Kier molecular flexibility index (Phi) is 8.78. The third kappa shape index (κ3) is 6.73. The molecule has 0 aliphatic carbocycles. The Morgan fingerprint density at radius 3 is 1.62 bits per heavy atom. The third-order valence-electron chi connectivity index (χ3n) is 6.77. The quantitative estimate of drug-likeness (QED) is 0.229. The Hall–Kier alpha value is -3.28. The summed E-state index contributed by atoms with van der Waals surface area (Å²) >= 11 is 0. The molecule has 1 fully saturated rings. The molecule has 4 heteroatoms. The summed E-state index contributed by atoms with van der Waals surface area (Å²) in [5, 5.41) is 0. The molecule has 0 bridgehead atoms. The monoisotopic (exact) mass is 494 g/mol. The van der Waals surface area contributed by atoms with Crippen LogP contribution in [0.5, 0.6) is 0 Å². The van der Waals surface area contributed by atoms with Crippen molar-refractivity contribution in [2.24, 2.45) is 0 Å². The maximum atomic E-state index is 6.69. The van der Waals surface area contributed by atoms with Crippen LogP contribution in [0.2, 0.25) is 0 Å². The second-order valence-corrected chi connectivity index (χ2v) is 9.47. The maximum absolute atomic E-state index is 6.69. The van der Waals surface area contributed by atoms with Gasteiger partial charge in [0.25, 0.3) is 0 Å². The molecule has 0 radical (unpaired) electrons. The molecule has 1 saturated heterocycles. The molecule has 0 spiro atoms. The maximum Gasteiger partial charge on any atom is 0.117 e. The molecule has 0 unspecified atom stereocenters. The number of rotatable bonds is 11. The summed E-state index contributed by atoms with van der Waals surface area (Å²) in [7, 11) is 0. The van der Waals surface area contributed by atoms with Crippen LogP contribution in [0, 0.1) is 6.92 Å². The van der Waals surface area contributed by atoms with Gasteiger partial charge in [0.15, 0.2) is 0 Å². The molecule has 0 saturated carbocycles. The van der Waals surface area contributed by atoms with E-state index < -0.39 is 0 Å². The minimum atomic E-state index is -0.288. The van der Waals surface area contributed by atoms with Gasteiger partial charge in [-0.15, -0.1) is 0 Å². The van der Waals surface area contributed by atoms with E-state index in [-0.39, 0.29) is 24.4 Å². The summed E-state index contributed by atoms with van der Waals surface area (Å²) < 4.78 is 26.0. The molecule has 4 aromatic carbocycles. The van der Waals surface area contributed by atoms with Crippen molar-refractivity contribution in [1.29, 1.82) is 0 Å². The van der Waals surface area contributed by atoms with Crippen LogP contribution in [-0.4, -0.2) is 24.9 Å². The van der Waals surface area contributed by atoms with Crippen molar-refractivity contribution in [1.82, 2.24) is 0 Å². The zero-order valence-corrected chi connectivity index (χ0v) is 21.2. The highest BCUT2D eigenvalue weighted by Gasteiger charge is 2.47. The van der Waals surface area contributed by atoms with Crippen molar-refractivity contribution in [3.05, 3.63) is 143 Å².